The molecule has 1 unspecified atom stereocenters. The number of benzene rings is 1. The first-order chi connectivity index (χ1) is 9.95. The van der Waals surface area contributed by atoms with Crippen LogP contribution in [0.1, 0.15) is 26.2 Å². The van der Waals surface area contributed by atoms with Crippen molar-refractivity contribution in [1.82, 2.24) is 4.31 Å². The van der Waals surface area contributed by atoms with Gasteiger partial charge >= 0.3 is 0 Å². The molecule has 2 rings (SSSR count). The minimum Gasteiger partial charge on any atom is -0.398 e. The highest BCUT2D eigenvalue weighted by Crippen LogP contribution is 2.28. The molecule has 21 heavy (non-hydrogen) atoms. The first-order valence-corrected chi connectivity index (χ1v) is 8.93. The lowest BCUT2D eigenvalue weighted by Gasteiger charge is -2.32. The molecule has 5 nitrogen and oxygen atoms in total. The first kappa shape index (κ1) is 16.5. The predicted octanol–water partition coefficient (Wildman–Crippen LogP) is 2.50. The standard InChI is InChI=1S/C14H21ClN2O3S/c1-2-8-20-12-4-3-7-17(10-12)21(18,19)14-9-11(15)5-6-13(14)16/h5-6,9,12H,2-4,7-8,10,16H2,1H3. The van der Waals surface area contributed by atoms with Gasteiger partial charge in [-0.2, -0.15) is 4.31 Å². The van der Waals surface area contributed by atoms with Crippen LogP contribution >= 0.6 is 11.6 Å². The van der Waals surface area contributed by atoms with Crippen molar-refractivity contribution in [3.8, 4) is 0 Å². The van der Waals surface area contributed by atoms with Gasteiger partial charge in [0.05, 0.1) is 11.8 Å². The molecule has 1 atom stereocenters. The Morgan fingerprint density at radius 1 is 1.48 bits per heavy atom. The topological polar surface area (TPSA) is 72.6 Å². The summed E-state index contributed by atoms with van der Waals surface area (Å²) in [6, 6.07) is 4.51. The Balaban J connectivity index is 2.20. The van der Waals surface area contributed by atoms with E-state index in [0.717, 1.165) is 19.3 Å². The monoisotopic (exact) mass is 332 g/mol. The Morgan fingerprint density at radius 2 is 2.24 bits per heavy atom. The Labute approximate surface area is 131 Å². The van der Waals surface area contributed by atoms with Gasteiger partial charge in [-0.15, -0.1) is 0 Å². The molecule has 1 fully saturated rings. The van der Waals surface area contributed by atoms with Crippen LogP contribution in [0, 0.1) is 0 Å². The number of hydrogen-bond donors (Lipinski definition) is 1. The Morgan fingerprint density at radius 3 is 2.95 bits per heavy atom. The fraction of sp³-hybridized carbons (Fsp3) is 0.571. The lowest BCUT2D eigenvalue weighted by Crippen LogP contribution is -2.43. The molecule has 1 aromatic carbocycles. The molecule has 0 amide bonds. The molecule has 0 aliphatic carbocycles. The smallest absolute Gasteiger partial charge is 0.245 e. The minimum absolute atomic E-state index is 0.0473. The number of halogens is 1. The quantitative estimate of drug-likeness (QED) is 0.841. The second-order valence-corrected chi connectivity index (χ2v) is 7.52. The molecular formula is C14H21ClN2O3S. The molecule has 0 bridgehead atoms. The Hall–Kier alpha value is -0.820. The zero-order valence-corrected chi connectivity index (χ0v) is 13.7. The van der Waals surface area contributed by atoms with Gasteiger partial charge in [-0.3, -0.25) is 0 Å². The number of sulfonamides is 1. The normalized spacial score (nSPS) is 20.6. The summed E-state index contributed by atoms with van der Waals surface area (Å²) in [5, 5.41) is 0.360. The van der Waals surface area contributed by atoms with Gasteiger partial charge in [0.25, 0.3) is 0 Å². The summed E-state index contributed by atoms with van der Waals surface area (Å²) in [7, 11) is -3.63. The summed E-state index contributed by atoms with van der Waals surface area (Å²) >= 11 is 5.90. The van der Waals surface area contributed by atoms with Gasteiger partial charge in [0.1, 0.15) is 4.90 Å². The molecule has 0 saturated carbocycles. The summed E-state index contributed by atoms with van der Waals surface area (Å²) in [5.41, 5.74) is 6.02. The summed E-state index contributed by atoms with van der Waals surface area (Å²) in [6.07, 6.45) is 2.55. The molecular weight excluding hydrogens is 312 g/mol. The van der Waals surface area contributed by atoms with E-state index < -0.39 is 10.0 Å². The van der Waals surface area contributed by atoms with Crippen molar-refractivity contribution in [2.45, 2.75) is 37.2 Å². The van der Waals surface area contributed by atoms with Gasteiger partial charge in [0.15, 0.2) is 0 Å². The highest BCUT2D eigenvalue weighted by molar-refractivity contribution is 7.89. The molecule has 2 N–H and O–H groups in total. The molecule has 0 radical (unpaired) electrons. The van der Waals surface area contributed by atoms with Crippen LogP contribution in [0.5, 0.6) is 0 Å². The molecule has 1 aliphatic rings. The molecule has 1 heterocycles. The number of nitrogen functional groups attached to an aromatic ring is 1. The van der Waals surface area contributed by atoms with Crippen LogP contribution in [0.25, 0.3) is 0 Å². The lowest BCUT2D eigenvalue weighted by molar-refractivity contribution is 0.0193. The highest BCUT2D eigenvalue weighted by Gasteiger charge is 2.31. The summed E-state index contributed by atoms with van der Waals surface area (Å²) in [4.78, 5) is 0.0751. The molecule has 1 saturated heterocycles. The maximum absolute atomic E-state index is 12.7. The maximum atomic E-state index is 12.7. The van der Waals surface area contributed by atoms with Crippen molar-refractivity contribution in [3.05, 3.63) is 23.2 Å². The average Bonchev–Trinajstić information content (AvgIpc) is 2.48. The second kappa shape index (κ2) is 6.96. The third kappa shape index (κ3) is 3.88. The van der Waals surface area contributed by atoms with Crippen LogP contribution < -0.4 is 5.73 Å². The van der Waals surface area contributed by atoms with Crippen molar-refractivity contribution in [3.63, 3.8) is 0 Å². The molecule has 118 valence electrons. The Bertz CT molecular complexity index is 592. The molecule has 7 heteroatoms. The number of hydrogen-bond acceptors (Lipinski definition) is 4. The highest BCUT2D eigenvalue weighted by atomic mass is 35.5. The van der Waals surface area contributed by atoms with E-state index >= 15 is 0 Å². The molecule has 0 spiro atoms. The number of nitrogens with two attached hydrogens (primary N) is 1. The summed E-state index contributed by atoms with van der Waals surface area (Å²) in [6.45, 7) is 3.54. The van der Waals surface area contributed by atoms with Crippen LogP contribution in [0.4, 0.5) is 5.69 Å². The van der Waals surface area contributed by atoms with Crippen molar-refractivity contribution >= 4 is 27.3 Å². The third-order valence-electron chi connectivity index (χ3n) is 3.49. The van der Waals surface area contributed by atoms with E-state index in [1.54, 1.807) is 6.07 Å². The second-order valence-electron chi connectivity index (χ2n) is 5.18. The fourth-order valence-electron chi connectivity index (χ4n) is 2.41. The van der Waals surface area contributed by atoms with E-state index in [1.165, 1.54) is 16.4 Å². The first-order valence-electron chi connectivity index (χ1n) is 7.12. The fourth-order valence-corrected chi connectivity index (χ4v) is 4.30. The number of anilines is 1. The molecule has 0 aromatic heterocycles. The minimum atomic E-state index is -3.63. The average molecular weight is 333 g/mol. The summed E-state index contributed by atoms with van der Waals surface area (Å²) < 4.78 is 32.5. The largest absolute Gasteiger partial charge is 0.398 e. The van der Waals surface area contributed by atoms with Crippen molar-refractivity contribution in [2.75, 3.05) is 25.4 Å². The van der Waals surface area contributed by atoms with Gasteiger partial charge in [-0.25, -0.2) is 8.42 Å². The van der Waals surface area contributed by atoms with Crippen LogP contribution in [0.3, 0.4) is 0 Å². The van der Waals surface area contributed by atoms with Gasteiger partial charge in [-0.1, -0.05) is 18.5 Å². The van der Waals surface area contributed by atoms with Crippen LogP contribution in [0.2, 0.25) is 5.02 Å². The van der Waals surface area contributed by atoms with Crippen LogP contribution in [-0.4, -0.2) is 38.5 Å². The van der Waals surface area contributed by atoms with Gasteiger partial charge in [0, 0.05) is 24.7 Å². The van der Waals surface area contributed by atoms with Crippen molar-refractivity contribution in [2.24, 2.45) is 0 Å². The van der Waals surface area contributed by atoms with Gasteiger partial charge in [-0.05, 0) is 37.5 Å². The molecule has 1 aromatic rings. The van der Waals surface area contributed by atoms with E-state index in [1.807, 2.05) is 6.92 Å². The molecule has 1 aliphatic heterocycles. The van der Waals surface area contributed by atoms with E-state index in [2.05, 4.69) is 0 Å². The number of ether oxygens (including phenoxy) is 1. The predicted molar refractivity (Wildman–Crippen MR) is 83.9 cm³/mol. The number of rotatable bonds is 5. The number of piperidine rings is 1. The number of nitrogens with zero attached hydrogens (tertiary/aromatic N) is 1. The van der Waals surface area contributed by atoms with E-state index in [4.69, 9.17) is 22.1 Å². The van der Waals surface area contributed by atoms with E-state index in [9.17, 15) is 8.42 Å². The third-order valence-corrected chi connectivity index (χ3v) is 5.65. The zero-order valence-electron chi connectivity index (χ0n) is 12.1. The summed E-state index contributed by atoms with van der Waals surface area (Å²) in [5.74, 6) is 0. The maximum Gasteiger partial charge on any atom is 0.245 e. The van der Waals surface area contributed by atoms with Crippen LogP contribution in [0.15, 0.2) is 23.1 Å². The van der Waals surface area contributed by atoms with Crippen LogP contribution in [-0.2, 0) is 14.8 Å². The zero-order chi connectivity index (χ0) is 15.5. The van der Waals surface area contributed by atoms with E-state index in [-0.39, 0.29) is 16.7 Å². The van der Waals surface area contributed by atoms with Gasteiger partial charge in [0.2, 0.25) is 10.0 Å². The van der Waals surface area contributed by atoms with Crippen molar-refractivity contribution in [1.29, 1.82) is 0 Å². The van der Waals surface area contributed by atoms with Crippen molar-refractivity contribution < 1.29 is 13.2 Å². The van der Waals surface area contributed by atoms with E-state index in [0.29, 0.717) is 24.7 Å². The Kier molecular flexibility index (Phi) is 5.48. The lowest BCUT2D eigenvalue weighted by atomic mass is 10.1. The SMILES string of the molecule is CCCOC1CCCN(S(=O)(=O)c2cc(Cl)ccc2N)C1. The van der Waals surface area contributed by atoms with Gasteiger partial charge < -0.3 is 10.5 Å².